The Morgan fingerprint density at radius 3 is 2.67 bits per heavy atom. The zero-order valence-electron chi connectivity index (χ0n) is 8.99. The third-order valence-electron chi connectivity index (χ3n) is 1.84. The second kappa shape index (κ2) is 5.07. The normalized spacial score (nSPS) is 9.60. The molecule has 0 aliphatic carbocycles. The predicted molar refractivity (Wildman–Crippen MR) is 65.2 cm³/mol. The van der Waals surface area contributed by atoms with E-state index in [1.807, 2.05) is 19.9 Å². The molecule has 0 bridgehead atoms. The molecule has 0 N–H and O–H groups in total. The largest absolute Gasteiger partial charge is 0.272 e. The van der Waals surface area contributed by atoms with Crippen molar-refractivity contribution in [2.45, 2.75) is 20.8 Å². The van der Waals surface area contributed by atoms with E-state index >= 15 is 0 Å². The summed E-state index contributed by atoms with van der Waals surface area (Å²) < 4.78 is 2.04. The first-order valence-corrected chi connectivity index (χ1v) is 5.63. The number of fused-ring (bicyclic) bond motifs is 1. The molecule has 0 aliphatic rings. The lowest BCUT2D eigenvalue weighted by molar-refractivity contribution is 1.00. The van der Waals surface area contributed by atoms with Crippen LogP contribution in [0.3, 0.4) is 0 Å². The molecule has 0 aromatic carbocycles. The number of hydrogen-bond acceptors (Lipinski definition) is 2. The SMILES string of the molecule is CC.Cc1nc2ccccn2c(=O)c1Br. The second-order valence-electron chi connectivity index (χ2n) is 2.75. The summed E-state index contributed by atoms with van der Waals surface area (Å²) in [5, 5.41) is 0. The lowest BCUT2D eigenvalue weighted by atomic mass is 10.4. The van der Waals surface area contributed by atoms with Gasteiger partial charge in [-0.2, -0.15) is 0 Å². The summed E-state index contributed by atoms with van der Waals surface area (Å²) >= 11 is 3.20. The van der Waals surface area contributed by atoms with Crippen LogP contribution in [0.2, 0.25) is 0 Å². The zero-order chi connectivity index (χ0) is 11.4. The molecule has 0 saturated carbocycles. The molecule has 2 rings (SSSR count). The molecule has 0 spiro atoms. The number of hydrogen-bond donors (Lipinski definition) is 0. The smallest absolute Gasteiger partial charge is 0.268 e. The number of halogens is 1. The topological polar surface area (TPSA) is 34.4 Å². The van der Waals surface area contributed by atoms with Gasteiger partial charge in [-0.25, -0.2) is 4.98 Å². The first-order chi connectivity index (χ1) is 7.20. The number of aryl methyl sites for hydroxylation is 1. The van der Waals surface area contributed by atoms with Crippen molar-refractivity contribution in [3.05, 3.63) is 44.9 Å². The highest BCUT2D eigenvalue weighted by atomic mass is 79.9. The maximum Gasteiger partial charge on any atom is 0.272 e. The van der Waals surface area contributed by atoms with Gasteiger partial charge in [0.25, 0.3) is 5.56 Å². The molecule has 2 aromatic rings. The van der Waals surface area contributed by atoms with E-state index in [0.717, 1.165) is 5.69 Å². The molecule has 0 aliphatic heterocycles. The van der Waals surface area contributed by atoms with Crippen LogP contribution in [0, 0.1) is 6.92 Å². The van der Waals surface area contributed by atoms with Gasteiger partial charge < -0.3 is 0 Å². The zero-order valence-corrected chi connectivity index (χ0v) is 10.6. The van der Waals surface area contributed by atoms with E-state index in [2.05, 4.69) is 20.9 Å². The Hall–Kier alpha value is -1.16. The third kappa shape index (κ3) is 2.26. The Morgan fingerprint density at radius 2 is 2.00 bits per heavy atom. The van der Waals surface area contributed by atoms with E-state index in [1.165, 1.54) is 4.40 Å². The van der Waals surface area contributed by atoms with Crippen molar-refractivity contribution in [3.63, 3.8) is 0 Å². The summed E-state index contributed by atoms with van der Waals surface area (Å²) in [6.45, 7) is 5.80. The molecule has 0 radical (unpaired) electrons. The molecule has 80 valence electrons. The number of aromatic nitrogens is 2. The third-order valence-corrected chi connectivity index (χ3v) is 2.76. The molecule has 2 aromatic heterocycles. The molecule has 0 fully saturated rings. The van der Waals surface area contributed by atoms with Gasteiger partial charge >= 0.3 is 0 Å². The molecule has 15 heavy (non-hydrogen) atoms. The Bertz CT molecular complexity index is 519. The summed E-state index contributed by atoms with van der Waals surface area (Å²) in [6, 6.07) is 5.47. The molecule has 0 unspecified atom stereocenters. The van der Waals surface area contributed by atoms with E-state index in [0.29, 0.717) is 10.1 Å². The molecule has 0 amide bonds. The van der Waals surface area contributed by atoms with Crippen LogP contribution in [0.15, 0.2) is 33.7 Å². The van der Waals surface area contributed by atoms with Crippen molar-refractivity contribution in [2.75, 3.05) is 0 Å². The van der Waals surface area contributed by atoms with Crippen molar-refractivity contribution < 1.29 is 0 Å². The summed E-state index contributed by atoms with van der Waals surface area (Å²) in [6.07, 6.45) is 1.70. The summed E-state index contributed by atoms with van der Waals surface area (Å²) in [4.78, 5) is 15.9. The van der Waals surface area contributed by atoms with Gasteiger partial charge in [-0.15, -0.1) is 0 Å². The maximum atomic E-state index is 11.6. The van der Waals surface area contributed by atoms with Gasteiger partial charge in [0, 0.05) is 6.20 Å². The average molecular weight is 269 g/mol. The highest BCUT2D eigenvalue weighted by Gasteiger charge is 2.04. The summed E-state index contributed by atoms with van der Waals surface area (Å²) in [5.74, 6) is 0. The first kappa shape index (κ1) is 11.9. The molecule has 0 atom stereocenters. The number of nitrogens with zero attached hydrogens (tertiary/aromatic N) is 2. The van der Waals surface area contributed by atoms with Gasteiger partial charge in [0.15, 0.2) is 0 Å². The van der Waals surface area contributed by atoms with Crippen LogP contribution in [-0.2, 0) is 0 Å². The standard InChI is InChI=1S/C9H7BrN2O.C2H6/c1-6-8(10)9(13)12-5-3-2-4-7(12)11-6;1-2/h2-5H,1H3;1-2H3. The van der Waals surface area contributed by atoms with Crippen LogP contribution < -0.4 is 5.56 Å². The van der Waals surface area contributed by atoms with E-state index in [-0.39, 0.29) is 5.56 Å². The Labute approximate surface area is 96.9 Å². The number of rotatable bonds is 0. The van der Waals surface area contributed by atoms with Gasteiger partial charge in [0.05, 0.1) is 5.69 Å². The second-order valence-corrected chi connectivity index (χ2v) is 3.54. The monoisotopic (exact) mass is 268 g/mol. The molecule has 3 nitrogen and oxygen atoms in total. The lowest BCUT2D eigenvalue weighted by Gasteiger charge is -2.01. The molecule has 2 heterocycles. The fourth-order valence-electron chi connectivity index (χ4n) is 1.18. The minimum absolute atomic E-state index is 0.0666. The Morgan fingerprint density at radius 1 is 1.33 bits per heavy atom. The van der Waals surface area contributed by atoms with Crippen LogP contribution in [0.1, 0.15) is 19.5 Å². The van der Waals surface area contributed by atoms with Gasteiger partial charge in [-0.3, -0.25) is 9.20 Å². The van der Waals surface area contributed by atoms with Crippen LogP contribution in [0.5, 0.6) is 0 Å². The van der Waals surface area contributed by atoms with Crippen molar-refractivity contribution in [1.82, 2.24) is 9.38 Å². The van der Waals surface area contributed by atoms with Gasteiger partial charge in [0.2, 0.25) is 0 Å². The highest BCUT2D eigenvalue weighted by molar-refractivity contribution is 9.10. The highest BCUT2D eigenvalue weighted by Crippen LogP contribution is 2.08. The van der Waals surface area contributed by atoms with E-state index in [1.54, 1.807) is 25.3 Å². The number of pyridine rings is 1. The minimum Gasteiger partial charge on any atom is -0.268 e. The van der Waals surface area contributed by atoms with E-state index in [4.69, 9.17) is 0 Å². The average Bonchev–Trinajstić information content (AvgIpc) is 2.29. The van der Waals surface area contributed by atoms with Crippen molar-refractivity contribution in [2.24, 2.45) is 0 Å². The molecular weight excluding hydrogens is 256 g/mol. The van der Waals surface area contributed by atoms with Gasteiger partial charge in [0.1, 0.15) is 10.1 Å². The fraction of sp³-hybridized carbons (Fsp3) is 0.273. The molecule has 4 heteroatoms. The van der Waals surface area contributed by atoms with Crippen molar-refractivity contribution in [3.8, 4) is 0 Å². The van der Waals surface area contributed by atoms with Crippen LogP contribution >= 0.6 is 15.9 Å². The van der Waals surface area contributed by atoms with Crippen LogP contribution in [-0.4, -0.2) is 9.38 Å². The van der Waals surface area contributed by atoms with Crippen molar-refractivity contribution >= 4 is 21.6 Å². The lowest BCUT2D eigenvalue weighted by Crippen LogP contribution is -2.16. The van der Waals surface area contributed by atoms with Gasteiger partial charge in [-0.1, -0.05) is 19.9 Å². The van der Waals surface area contributed by atoms with Crippen LogP contribution in [0.25, 0.3) is 5.65 Å². The minimum atomic E-state index is -0.0666. The quantitative estimate of drug-likeness (QED) is 0.737. The van der Waals surface area contributed by atoms with E-state index in [9.17, 15) is 4.79 Å². The van der Waals surface area contributed by atoms with Crippen molar-refractivity contribution in [1.29, 1.82) is 0 Å². The van der Waals surface area contributed by atoms with E-state index < -0.39 is 0 Å². The Balaban J connectivity index is 0.000000531. The molecule has 0 saturated heterocycles. The molecular formula is C11H13BrN2O. The Kier molecular flexibility index (Phi) is 4.03. The van der Waals surface area contributed by atoms with Gasteiger partial charge in [-0.05, 0) is 35.0 Å². The maximum absolute atomic E-state index is 11.6. The first-order valence-electron chi connectivity index (χ1n) is 4.83. The fourth-order valence-corrected chi connectivity index (χ4v) is 1.46. The summed E-state index contributed by atoms with van der Waals surface area (Å²) in [7, 11) is 0. The summed E-state index contributed by atoms with van der Waals surface area (Å²) in [5.41, 5.74) is 1.33. The predicted octanol–water partition coefficient (Wildman–Crippen LogP) is 2.79. The van der Waals surface area contributed by atoms with Crippen LogP contribution in [0.4, 0.5) is 0 Å².